The van der Waals surface area contributed by atoms with Crippen molar-refractivity contribution in [1.29, 1.82) is 0 Å². The molecule has 0 saturated carbocycles. The van der Waals surface area contributed by atoms with E-state index in [-0.39, 0.29) is 36.5 Å². The molecule has 9 nitrogen and oxygen atoms in total. The second-order valence-electron chi connectivity index (χ2n) is 7.99. The maximum Gasteiger partial charge on any atom is 0.243 e. The number of carbonyl (C=O) groups is 4. The van der Waals surface area contributed by atoms with E-state index in [2.05, 4.69) is 27.4 Å². The number of Topliss-reactive ketones (excluding diaryl/α,β-unsaturated/α-hetero) is 1. The van der Waals surface area contributed by atoms with Gasteiger partial charge in [0.05, 0.1) is 13.0 Å². The molecule has 3 rings (SSSR count). The third kappa shape index (κ3) is 6.11. The Kier molecular flexibility index (Phi) is 7.75. The third-order valence-corrected chi connectivity index (χ3v) is 5.88. The number of ketones is 1. The van der Waals surface area contributed by atoms with Crippen molar-refractivity contribution >= 4 is 29.2 Å². The van der Waals surface area contributed by atoms with Crippen molar-refractivity contribution in [3.05, 3.63) is 29.8 Å². The summed E-state index contributed by atoms with van der Waals surface area (Å²) in [5.74, 6) is -0.838. The summed E-state index contributed by atoms with van der Waals surface area (Å²) in [6.45, 7) is 9.14. The molecule has 0 aliphatic carbocycles. The molecule has 0 spiro atoms. The van der Waals surface area contributed by atoms with Crippen molar-refractivity contribution in [1.82, 2.24) is 20.0 Å². The topological polar surface area (TPSA) is 102 Å². The van der Waals surface area contributed by atoms with Gasteiger partial charge in [-0.2, -0.15) is 0 Å². The molecular weight excluding hydrogens is 398 g/mol. The fourth-order valence-electron chi connectivity index (χ4n) is 3.94. The van der Waals surface area contributed by atoms with Crippen molar-refractivity contribution in [2.45, 2.75) is 26.3 Å². The van der Waals surface area contributed by atoms with E-state index < -0.39 is 6.04 Å². The SMILES string of the molecule is CCN1CCN(CC(=O)N2CCNC(=O)[C@H]2CC(=O)Nc2ccc(C(C)=O)cc2)CC1. The normalized spacial score (nSPS) is 20.3. The lowest BCUT2D eigenvalue weighted by Crippen LogP contribution is -2.60. The molecule has 2 aliphatic heterocycles. The van der Waals surface area contributed by atoms with E-state index in [4.69, 9.17) is 0 Å². The predicted molar refractivity (Wildman–Crippen MR) is 117 cm³/mol. The number of hydrogen-bond donors (Lipinski definition) is 2. The Morgan fingerprint density at radius 1 is 1.03 bits per heavy atom. The van der Waals surface area contributed by atoms with Gasteiger partial charge >= 0.3 is 0 Å². The molecule has 31 heavy (non-hydrogen) atoms. The smallest absolute Gasteiger partial charge is 0.243 e. The first-order chi connectivity index (χ1) is 14.9. The van der Waals surface area contributed by atoms with Crippen LogP contribution < -0.4 is 10.6 Å². The van der Waals surface area contributed by atoms with Crippen LogP contribution in [0.1, 0.15) is 30.6 Å². The average molecular weight is 430 g/mol. The molecule has 3 amide bonds. The van der Waals surface area contributed by atoms with E-state index in [1.165, 1.54) is 11.8 Å². The van der Waals surface area contributed by atoms with Gasteiger partial charge in [-0.25, -0.2) is 0 Å². The van der Waals surface area contributed by atoms with E-state index in [1.807, 2.05) is 0 Å². The lowest BCUT2D eigenvalue weighted by molar-refractivity contribution is -0.145. The number of hydrogen-bond acceptors (Lipinski definition) is 6. The number of rotatable bonds is 7. The van der Waals surface area contributed by atoms with Crippen molar-refractivity contribution in [3.8, 4) is 0 Å². The molecule has 2 aliphatic rings. The molecule has 1 aromatic carbocycles. The second-order valence-corrected chi connectivity index (χ2v) is 7.99. The van der Waals surface area contributed by atoms with Gasteiger partial charge in [-0.15, -0.1) is 0 Å². The fraction of sp³-hybridized carbons (Fsp3) is 0.545. The van der Waals surface area contributed by atoms with Gasteiger partial charge in [0.25, 0.3) is 0 Å². The number of nitrogens with one attached hydrogen (secondary N) is 2. The van der Waals surface area contributed by atoms with Gasteiger partial charge in [0, 0.05) is 50.5 Å². The Hall–Kier alpha value is -2.78. The van der Waals surface area contributed by atoms with E-state index >= 15 is 0 Å². The lowest BCUT2D eigenvalue weighted by Gasteiger charge is -2.38. The van der Waals surface area contributed by atoms with Crippen LogP contribution in [0.3, 0.4) is 0 Å². The van der Waals surface area contributed by atoms with Crippen LogP contribution in [-0.2, 0) is 14.4 Å². The van der Waals surface area contributed by atoms with Gasteiger partial charge in [-0.05, 0) is 37.7 Å². The minimum atomic E-state index is -0.824. The number of anilines is 1. The van der Waals surface area contributed by atoms with E-state index in [0.29, 0.717) is 24.3 Å². The van der Waals surface area contributed by atoms with Gasteiger partial charge in [-0.1, -0.05) is 6.92 Å². The van der Waals surface area contributed by atoms with Gasteiger partial charge in [0.15, 0.2) is 5.78 Å². The molecule has 9 heteroatoms. The van der Waals surface area contributed by atoms with Crippen LogP contribution in [0, 0.1) is 0 Å². The first-order valence-corrected chi connectivity index (χ1v) is 10.8. The number of benzene rings is 1. The number of piperazine rings is 2. The van der Waals surface area contributed by atoms with Crippen molar-refractivity contribution < 1.29 is 19.2 Å². The summed E-state index contributed by atoms with van der Waals surface area (Å²) < 4.78 is 0. The van der Waals surface area contributed by atoms with Crippen LogP contribution in [0.4, 0.5) is 5.69 Å². The predicted octanol–water partition coefficient (Wildman–Crippen LogP) is 0.182. The maximum absolute atomic E-state index is 12.9. The standard InChI is InChI=1S/C22H31N5O4/c1-3-25-10-12-26(13-11-25)15-21(30)27-9-8-23-22(31)19(27)14-20(29)24-18-6-4-17(5-7-18)16(2)28/h4-7,19H,3,8-15H2,1-2H3,(H,23,31)(H,24,29)/t19-/m1/s1. The van der Waals surface area contributed by atoms with Gasteiger partial charge in [0.2, 0.25) is 17.7 Å². The van der Waals surface area contributed by atoms with E-state index in [0.717, 1.165) is 32.7 Å². The first kappa shape index (κ1) is 22.9. The zero-order chi connectivity index (χ0) is 22.4. The Morgan fingerprint density at radius 3 is 2.29 bits per heavy atom. The largest absolute Gasteiger partial charge is 0.353 e. The second kappa shape index (κ2) is 10.5. The molecule has 0 bridgehead atoms. The average Bonchev–Trinajstić information content (AvgIpc) is 2.76. The molecule has 1 atom stereocenters. The van der Waals surface area contributed by atoms with Crippen molar-refractivity contribution in [2.24, 2.45) is 0 Å². The first-order valence-electron chi connectivity index (χ1n) is 10.8. The summed E-state index contributed by atoms with van der Waals surface area (Å²) in [4.78, 5) is 55.3. The van der Waals surface area contributed by atoms with E-state index in [1.54, 1.807) is 24.3 Å². The minimum Gasteiger partial charge on any atom is -0.353 e. The van der Waals surface area contributed by atoms with E-state index in [9.17, 15) is 19.2 Å². The van der Waals surface area contributed by atoms with Crippen LogP contribution in [0.15, 0.2) is 24.3 Å². The molecule has 2 heterocycles. The van der Waals surface area contributed by atoms with Gasteiger partial charge < -0.3 is 20.4 Å². The zero-order valence-electron chi connectivity index (χ0n) is 18.2. The van der Waals surface area contributed by atoms with Crippen LogP contribution in [0.5, 0.6) is 0 Å². The van der Waals surface area contributed by atoms with Crippen LogP contribution in [0.2, 0.25) is 0 Å². The molecule has 0 aromatic heterocycles. The Balaban J connectivity index is 1.58. The van der Waals surface area contributed by atoms with Crippen molar-refractivity contribution in [2.75, 3.05) is 57.7 Å². The Morgan fingerprint density at radius 2 is 1.68 bits per heavy atom. The fourth-order valence-corrected chi connectivity index (χ4v) is 3.94. The molecule has 2 N–H and O–H groups in total. The zero-order valence-corrected chi connectivity index (χ0v) is 18.2. The van der Waals surface area contributed by atoms with Crippen molar-refractivity contribution in [3.63, 3.8) is 0 Å². The van der Waals surface area contributed by atoms with Gasteiger partial charge in [0.1, 0.15) is 6.04 Å². The van der Waals surface area contributed by atoms with Crippen LogP contribution >= 0.6 is 0 Å². The summed E-state index contributed by atoms with van der Waals surface area (Å²) in [5, 5.41) is 5.50. The third-order valence-electron chi connectivity index (χ3n) is 5.88. The minimum absolute atomic E-state index is 0.0537. The maximum atomic E-state index is 12.9. The molecule has 168 valence electrons. The summed E-state index contributed by atoms with van der Waals surface area (Å²) in [6, 6.07) is 5.75. The van der Waals surface area contributed by atoms with Gasteiger partial charge in [-0.3, -0.25) is 24.1 Å². The number of carbonyl (C=O) groups excluding carboxylic acids is 4. The Labute approximate surface area is 182 Å². The molecule has 0 radical (unpaired) electrons. The highest BCUT2D eigenvalue weighted by atomic mass is 16.2. The molecule has 1 aromatic rings. The summed E-state index contributed by atoms with van der Waals surface area (Å²) in [5.41, 5.74) is 1.10. The van der Waals surface area contributed by atoms with Crippen LogP contribution in [-0.4, -0.2) is 96.6 Å². The number of amides is 3. The monoisotopic (exact) mass is 429 g/mol. The number of likely N-dealkylation sites (N-methyl/N-ethyl adjacent to an activating group) is 1. The lowest BCUT2D eigenvalue weighted by atomic mass is 10.1. The quantitative estimate of drug-likeness (QED) is 0.600. The summed E-state index contributed by atoms with van der Waals surface area (Å²) in [7, 11) is 0. The summed E-state index contributed by atoms with van der Waals surface area (Å²) in [6.07, 6.45) is -0.115. The molecule has 2 saturated heterocycles. The molecule has 2 fully saturated rings. The Bertz CT molecular complexity index is 818. The summed E-state index contributed by atoms with van der Waals surface area (Å²) >= 11 is 0. The number of nitrogens with zero attached hydrogens (tertiary/aromatic N) is 3. The molecule has 0 unspecified atom stereocenters. The van der Waals surface area contributed by atoms with Crippen LogP contribution in [0.25, 0.3) is 0 Å². The highest BCUT2D eigenvalue weighted by Crippen LogP contribution is 2.14. The molecular formula is C22H31N5O4. The highest BCUT2D eigenvalue weighted by molar-refractivity contribution is 5.98. The highest BCUT2D eigenvalue weighted by Gasteiger charge is 2.35.